The number of nitrogens with zero attached hydrogens (tertiary/aromatic N) is 1. The Kier molecular flexibility index (Phi) is 6.43. The molecule has 0 aromatic rings. The van der Waals surface area contributed by atoms with Crippen LogP contribution in [0.2, 0.25) is 0 Å². The van der Waals surface area contributed by atoms with Crippen molar-refractivity contribution in [2.24, 2.45) is 0 Å². The van der Waals surface area contributed by atoms with E-state index in [1.807, 2.05) is 59.8 Å². The third-order valence-corrected chi connectivity index (χ3v) is 4.45. The maximum atomic E-state index is 9.11. The summed E-state index contributed by atoms with van der Waals surface area (Å²) in [7, 11) is -0.439. The highest BCUT2D eigenvalue weighted by molar-refractivity contribution is 6.55. The van der Waals surface area contributed by atoms with E-state index in [1.54, 1.807) is 12.3 Å². The van der Waals surface area contributed by atoms with Gasteiger partial charge in [0, 0.05) is 0 Å². The number of nitriles is 1. The molecule has 1 unspecified atom stereocenters. The van der Waals surface area contributed by atoms with E-state index in [9.17, 15) is 0 Å². The molecule has 1 rings (SSSR count). The molecule has 23 heavy (non-hydrogen) atoms. The monoisotopic (exact) mass is 314 g/mol. The number of rotatable bonds is 6. The second-order valence-electron chi connectivity index (χ2n) is 6.58. The Balaban J connectivity index is 2.77. The second kappa shape index (κ2) is 7.67. The van der Waals surface area contributed by atoms with Crippen LogP contribution >= 0.6 is 0 Å². The largest absolute Gasteiger partial charge is 0.494 e. The van der Waals surface area contributed by atoms with Crippen LogP contribution in [0.5, 0.6) is 0 Å². The van der Waals surface area contributed by atoms with Crippen molar-refractivity contribution in [3.8, 4) is 6.07 Å². The highest BCUT2D eigenvalue weighted by atomic mass is 16.7. The van der Waals surface area contributed by atoms with Crippen molar-refractivity contribution in [2.45, 2.75) is 58.8 Å². The lowest BCUT2D eigenvalue weighted by Gasteiger charge is -2.32. The van der Waals surface area contributed by atoms with Crippen molar-refractivity contribution < 1.29 is 9.31 Å². The summed E-state index contributed by atoms with van der Waals surface area (Å²) in [5.41, 5.74) is 1.07. The summed E-state index contributed by atoms with van der Waals surface area (Å²) in [6.07, 6.45) is 9.10. The lowest BCUT2D eigenvalue weighted by molar-refractivity contribution is 0.00578. The standard InChI is InChI=1S/C18H27BN2O2/c1-8-14(3)16(13-20)21-12-10-11-15(9-2)19-22-17(4,5)18(6,7)23-19/h8-12,16,21H,2H2,1,3-7H3/b12-10+,14-8+,15-11+. The first kappa shape index (κ1) is 19.3. The molecule has 1 aliphatic rings. The van der Waals surface area contributed by atoms with Gasteiger partial charge in [0.25, 0.3) is 0 Å². The molecule has 1 heterocycles. The molecule has 0 radical (unpaired) electrons. The minimum atomic E-state index is -0.439. The number of hydrogen-bond donors (Lipinski definition) is 1. The van der Waals surface area contributed by atoms with Gasteiger partial charge in [0.15, 0.2) is 0 Å². The van der Waals surface area contributed by atoms with Crippen LogP contribution in [0.3, 0.4) is 0 Å². The summed E-state index contributed by atoms with van der Waals surface area (Å²) in [5, 5.41) is 12.2. The molecule has 0 spiro atoms. The van der Waals surface area contributed by atoms with Gasteiger partial charge >= 0.3 is 7.12 Å². The van der Waals surface area contributed by atoms with Gasteiger partial charge < -0.3 is 14.6 Å². The Bertz CT molecular complexity index is 552. The Labute approximate surface area is 140 Å². The van der Waals surface area contributed by atoms with Gasteiger partial charge in [0.2, 0.25) is 0 Å². The second-order valence-corrected chi connectivity index (χ2v) is 6.58. The third-order valence-electron chi connectivity index (χ3n) is 4.45. The molecule has 0 aromatic heterocycles. The summed E-state index contributed by atoms with van der Waals surface area (Å²) in [6.45, 7) is 15.7. The Morgan fingerprint density at radius 3 is 2.26 bits per heavy atom. The third kappa shape index (κ3) is 4.60. The van der Waals surface area contributed by atoms with Crippen LogP contribution in [0, 0.1) is 11.3 Å². The zero-order valence-corrected chi connectivity index (χ0v) is 15.0. The lowest BCUT2D eigenvalue weighted by atomic mass is 9.78. The predicted molar refractivity (Wildman–Crippen MR) is 95.5 cm³/mol. The zero-order chi connectivity index (χ0) is 17.7. The van der Waals surface area contributed by atoms with Gasteiger partial charge in [0.1, 0.15) is 6.04 Å². The smallest absolute Gasteiger partial charge is 0.399 e. The Morgan fingerprint density at radius 1 is 1.26 bits per heavy atom. The van der Waals surface area contributed by atoms with Crippen molar-refractivity contribution in [2.75, 3.05) is 0 Å². The van der Waals surface area contributed by atoms with Gasteiger partial charge in [-0.05, 0) is 64.9 Å². The van der Waals surface area contributed by atoms with E-state index < -0.39 is 7.12 Å². The van der Waals surface area contributed by atoms with E-state index in [1.165, 1.54) is 0 Å². The first-order valence-electron chi connectivity index (χ1n) is 7.81. The quantitative estimate of drug-likeness (QED) is 0.461. The van der Waals surface area contributed by atoms with Crippen molar-refractivity contribution in [3.63, 3.8) is 0 Å². The summed E-state index contributed by atoms with van der Waals surface area (Å²) in [4.78, 5) is 0. The molecule has 0 bridgehead atoms. The Hall–Kier alpha value is -1.77. The zero-order valence-electron chi connectivity index (χ0n) is 15.0. The molecule has 5 heteroatoms. The van der Waals surface area contributed by atoms with Crippen LogP contribution in [0.15, 0.2) is 48.1 Å². The number of nitrogens with one attached hydrogen (secondary N) is 1. The summed E-state index contributed by atoms with van der Waals surface area (Å²) in [6, 6.07) is 1.89. The summed E-state index contributed by atoms with van der Waals surface area (Å²) in [5.74, 6) is 0. The molecule has 1 N–H and O–H groups in total. The van der Waals surface area contributed by atoms with E-state index in [4.69, 9.17) is 14.6 Å². The van der Waals surface area contributed by atoms with Gasteiger partial charge in [-0.2, -0.15) is 5.26 Å². The van der Waals surface area contributed by atoms with Crippen LogP contribution in [-0.2, 0) is 9.31 Å². The summed E-state index contributed by atoms with van der Waals surface area (Å²) >= 11 is 0. The summed E-state index contributed by atoms with van der Waals surface area (Å²) < 4.78 is 12.0. The van der Waals surface area contributed by atoms with E-state index in [0.29, 0.717) is 0 Å². The van der Waals surface area contributed by atoms with E-state index >= 15 is 0 Å². The lowest BCUT2D eigenvalue weighted by Crippen LogP contribution is -2.41. The van der Waals surface area contributed by atoms with E-state index in [0.717, 1.165) is 11.0 Å². The topological polar surface area (TPSA) is 54.3 Å². The van der Waals surface area contributed by atoms with Crippen molar-refractivity contribution >= 4 is 7.12 Å². The van der Waals surface area contributed by atoms with Crippen molar-refractivity contribution in [3.05, 3.63) is 48.1 Å². The van der Waals surface area contributed by atoms with Gasteiger partial charge in [-0.3, -0.25) is 0 Å². The Morgan fingerprint density at radius 2 is 1.83 bits per heavy atom. The fourth-order valence-electron chi connectivity index (χ4n) is 1.97. The van der Waals surface area contributed by atoms with Crippen LogP contribution in [0.25, 0.3) is 0 Å². The average molecular weight is 314 g/mol. The molecular formula is C18H27BN2O2. The van der Waals surface area contributed by atoms with Gasteiger partial charge in [-0.1, -0.05) is 24.8 Å². The fourth-order valence-corrected chi connectivity index (χ4v) is 1.97. The molecule has 0 aliphatic carbocycles. The number of allylic oxidation sites excluding steroid dienone is 5. The van der Waals surface area contributed by atoms with Crippen LogP contribution in [0.4, 0.5) is 0 Å². The molecule has 124 valence electrons. The van der Waals surface area contributed by atoms with Crippen LogP contribution in [-0.4, -0.2) is 24.4 Å². The van der Waals surface area contributed by atoms with Gasteiger partial charge in [-0.25, -0.2) is 0 Å². The maximum Gasteiger partial charge on any atom is 0.494 e. The number of hydrogen-bond acceptors (Lipinski definition) is 4. The fraction of sp³-hybridized carbons (Fsp3) is 0.500. The van der Waals surface area contributed by atoms with E-state index in [-0.39, 0.29) is 17.2 Å². The highest BCUT2D eigenvalue weighted by Crippen LogP contribution is 2.38. The average Bonchev–Trinajstić information content (AvgIpc) is 2.70. The van der Waals surface area contributed by atoms with Gasteiger partial charge in [-0.15, -0.1) is 0 Å². The molecule has 0 aromatic carbocycles. The van der Waals surface area contributed by atoms with Gasteiger partial charge in [0.05, 0.1) is 17.3 Å². The molecule has 0 saturated carbocycles. The maximum absolute atomic E-state index is 9.11. The van der Waals surface area contributed by atoms with Crippen molar-refractivity contribution in [1.29, 1.82) is 5.26 Å². The SMILES string of the molecule is C=C/C(=C\C=C\NC(C#N)/C(C)=C/C)B1OC(C)(C)C(C)(C)O1. The minimum Gasteiger partial charge on any atom is -0.399 e. The first-order valence-corrected chi connectivity index (χ1v) is 7.81. The molecular weight excluding hydrogens is 287 g/mol. The van der Waals surface area contributed by atoms with Crippen LogP contribution in [0.1, 0.15) is 41.5 Å². The first-order chi connectivity index (χ1) is 10.7. The normalized spacial score (nSPS) is 22.0. The highest BCUT2D eigenvalue weighted by Gasteiger charge is 2.51. The van der Waals surface area contributed by atoms with Crippen LogP contribution < -0.4 is 5.32 Å². The molecule has 1 fully saturated rings. The molecule has 4 nitrogen and oxygen atoms in total. The van der Waals surface area contributed by atoms with Crippen molar-refractivity contribution in [1.82, 2.24) is 5.32 Å². The minimum absolute atomic E-state index is 0.325. The predicted octanol–water partition coefficient (Wildman–Crippen LogP) is 3.69. The molecule has 1 atom stereocenters. The van der Waals surface area contributed by atoms with E-state index in [2.05, 4.69) is 18.0 Å². The molecule has 1 aliphatic heterocycles. The molecule has 1 saturated heterocycles. The molecule has 0 amide bonds.